The van der Waals surface area contributed by atoms with Gasteiger partial charge in [-0.25, -0.2) is 0 Å². The van der Waals surface area contributed by atoms with E-state index in [1.165, 1.54) is 19.3 Å². The van der Waals surface area contributed by atoms with Crippen molar-refractivity contribution in [2.75, 3.05) is 19.8 Å². The van der Waals surface area contributed by atoms with Gasteiger partial charge in [-0.3, -0.25) is 4.79 Å². The van der Waals surface area contributed by atoms with Crippen LogP contribution in [-0.2, 0) is 9.53 Å². The van der Waals surface area contributed by atoms with Crippen molar-refractivity contribution < 1.29 is 9.53 Å². The molecule has 1 amide bonds. The Morgan fingerprint density at radius 1 is 1.33 bits per heavy atom. The lowest BCUT2D eigenvalue weighted by Crippen LogP contribution is -2.31. The Morgan fingerprint density at radius 3 is 2.71 bits per heavy atom. The minimum Gasteiger partial charge on any atom is -0.381 e. The molecule has 1 heterocycles. The largest absolute Gasteiger partial charge is 0.381 e. The summed E-state index contributed by atoms with van der Waals surface area (Å²) in [4.78, 5) is 11.9. The molecule has 2 aliphatic rings. The third-order valence-electron chi connectivity index (χ3n) is 5.37. The summed E-state index contributed by atoms with van der Waals surface area (Å²) in [5.41, 5.74) is 0.382. The molecule has 1 saturated heterocycles. The third-order valence-corrected chi connectivity index (χ3v) is 5.37. The SMILES string of the molecule is CCCCC1C(/C=C/C(=O)NCC2CCOCC2)C1(C)C. The van der Waals surface area contributed by atoms with Crippen LogP contribution in [0, 0.1) is 23.2 Å². The van der Waals surface area contributed by atoms with Gasteiger partial charge in [0.15, 0.2) is 0 Å². The Hall–Kier alpha value is -0.830. The standard InChI is InChI=1S/C18H31NO2/c1-4-5-6-15-16(18(15,2)3)7-8-17(20)19-13-14-9-11-21-12-10-14/h7-8,14-16H,4-6,9-13H2,1-3H3,(H,19,20)/b8-7+. The van der Waals surface area contributed by atoms with Crippen LogP contribution in [0.5, 0.6) is 0 Å². The molecule has 1 saturated carbocycles. The topological polar surface area (TPSA) is 38.3 Å². The Labute approximate surface area is 129 Å². The number of hydrogen-bond donors (Lipinski definition) is 1. The highest BCUT2D eigenvalue weighted by Gasteiger charge is 2.54. The van der Waals surface area contributed by atoms with Gasteiger partial charge in [-0.1, -0.05) is 39.7 Å². The van der Waals surface area contributed by atoms with Gasteiger partial charge in [0.25, 0.3) is 0 Å². The van der Waals surface area contributed by atoms with Gasteiger partial charge in [0.05, 0.1) is 0 Å². The first kappa shape index (κ1) is 16.5. The maximum Gasteiger partial charge on any atom is 0.243 e. The normalized spacial score (nSPS) is 28.7. The summed E-state index contributed by atoms with van der Waals surface area (Å²) < 4.78 is 5.33. The van der Waals surface area contributed by atoms with E-state index in [1.54, 1.807) is 6.08 Å². The quantitative estimate of drug-likeness (QED) is 0.729. The molecule has 120 valence electrons. The van der Waals surface area contributed by atoms with Crippen LogP contribution < -0.4 is 5.32 Å². The van der Waals surface area contributed by atoms with E-state index in [0.29, 0.717) is 17.3 Å². The predicted molar refractivity (Wildman–Crippen MR) is 86.0 cm³/mol. The summed E-state index contributed by atoms with van der Waals surface area (Å²) in [6.07, 6.45) is 9.89. The summed E-state index contributed by atoms with van der Waals surface area (Å²) in [7, 11) is 0. The van der Waals surface area contributed by atoms with E-state index in [9.17, 15) is 4.79 Å². The summed E-state index contributed by atoms with van der Waals surface area (Å²) in [6, 6.07) is 0. The molecule has 21 heavy (non-hydrogen) atoms. The van der Waals surface area contributed by atoms with Crippen LogP contribution in [0.4, 0.5) is 0 Å². The second-order valence-electron chi connectivity index (χ2n) is 7.26. The molecule has 2 unspecified atom stereocenters. The van der Waals surface area contributed by atoms with Crippen LogP contribution in [0.1, 0.15) is 52.9 Å². The minimum absolute atomic E-state index is 0.0680. The van der Waals surface area contributed by atoms with Crippen molar-refractivity contribution in [3.05, 3.63) is 12.2 Å². The van der Waals surface area contributed by atoms with Crippen molar-refractivity contribution in [3.63, 3.8) is 0 Å². The number of allylic oxidation sites excluding steroid dienone is 1. The number of ether oxygens (including phenoxy) is 1. The highest BCUT2D eigenvalue weighted by atomic mass is 16.5. The maximum absolute atomic E-state index is 11.9. The number of carbonyl (C=O) groups is 1. The van der Waals surface area contributed by atoms with Gasteiger partial charge in [-0.2, -0.15) is 0 Å². The van der Waals surface area contributed by atoms with E-state index in [2.05, 4.69) is 32.2 Å². The summed E-state index contributed by atoms with van der Waals surface area (Å²) in [5, 5.41) is 3.04. The van der Waals surface area contributed by atoms with E-state index in [1.807, 2.05) is 0 Å². The molecule has 1 N–H and O–H groups in total. The molecule has 3 nitrogen and oxygen atoms in total. The molecule has 0 radical (unpaired) electrons. The molecular weight excluding hydrogens is 262 g/mol. The van der Waals surface area contributed by atoms with Crippen molar-refractivity contribution in [1.29, 1.82) is 0 Å². The molecule has 2 atom stereocenters. The second-order valence-corrected chi connectivity index (χ2v) is 7.26. The number of amides is 1. The lowest BCUT2D eigenvalue weighted by molar-refractivity contribution is -0.116. The van der Waals surface area contributed by atoms with Gasteiger partial charge in [0, 0.05) is 19.8 Å². The summed E-state index contributed by atoms with van der Waals surface area (Å²) >= 11 is 0. The van der Waals surface area contributed by atoms with Gasteiger partial charge in [-0.05, 0) is 48.5 Å². The van der Waals surface area contributed by atoms with Crippen LogP contribution in [-0.4, -0.2) is 25.7 Å². The molecule has 3 heteroatoms. The third kappa shape index (κ3) is 4.57. The molecule has 1 aliphatic carbocycles. The summed E-state index contributed by atoms with van der Waals surface area (Å²) in [6.45, 7) is 9.35. The van der Waals surface area contributed by atoms with E-state index in [-0.39, 0.29) is 5.91 Å². The maximum atomic E-state index is 11.9. The van der Waals surface area contributed by atoms with Gasteiger partial charge < -0.3 is 10.1 Å². The predicted octanol–water partition coefficient (Wildman–Crippen LogP) is 3.55. The average Bonchev–Trinajstić information content (AvgIpc) is 3.01. The Balaban J connectivity index is 1.69. The van der Waals surface area contributed by atoms with Crippen molar-refractivity contribution in [2.24, 2.45) is 23.2 Å². The Morgan fingerprint density at radius 2 is 2.05 bits per heavy atom. The van der Waals surface area contributed by atoms with Gasteiger partial charge >= 0.3 is 0 Å². The number of carbonyl (C=O) groups excluding carboxylic acids is 1. The van der Waals surface area contributed by atoms with Gasteiger partial charge in [-0.15, -0.1) is 0 Å². The smallest absolute Gasteiger partial charge is 0.243 e. The Kier molecular flexibility index (Phi) is 5.86. The average molecular weight is 293 g/mol. The molecule has 0 aromatic carbocycles. The van der Waals surface area contributed by atoms with Crippen molar-refractivity contribution >= 4 is 5.91 Å². The number of hydrogen-bond acceptors (Lipinski definition) is 2. The van der Waals surface area contributed by atoms with E-state index in [4.69, 9.17) is 4.74 Å². The number of unbranched alkanes of at least 4 members (excludes halogenated alkanes) is 1. The molecule has 0 aromatic heterocycles. The van der Waals surface area contributed by atoms with E-state index < -0.39 is 0 Å². The van der Waals surface area contributed by atoms with Crippen LogP contribution in [0.25, 0.3) is 0 Å². The first-order valence-electron chi connectivity index (χ1n) is 8.59. The fourth-order valence-corrected chi connectivity index (χ4v) is 3.59. The highest BCUT2D eigenvalue weighted by Crippen LogP contribution is 2.61. The van der Waals surface area contributed by atoms with Gasteiger partial charge in [0.1, 0.15) is 0 Å². The molecule has 2 rings (SSSR count). The molecule has 0 aromatic rings. The zero-order chi connectivity index (χ0) is 15.3. The zero-order valence-electron chi connectivity index (χ0n) is 13.9. The van der Waals surface area contributed by atoms with Crippen LogP contribution in [0.15, 0.2) is 12.2 Å². The lowest BCUT2D eigenvalue weighted by Gasteiger charge is -2.21. The first-order valence-corrected chi connectivity index (χ1v) is 8.59. The first-order chi connectivity index (χ1) is 10.1. The Bertz CT molecular complexity index is 369. The minimum atomic E-state index is 0.0680. The van der Waals surface area contributed by atoms with Crippen LogP contribution >= 0.6 is 0 Å². The van der Waals surface area contributed by atoms with Crippen molar-refractivity contribution in [1.82, 2.24) is 5.32 Å². The van der Waals surface area contributed by atoms with E-state index >= 15 is 0 Å². The van der Waals surface area contributed by atoms with Gasteiger partial charge in [0.2, 0.25) is 5.91 Å². The zero-order valence-corrected chi connectivity index (χ0v) is 13.9. The van der Waals surface area contributed by atoms with E-state index in [0.717, 1.165) is 38.5 Å². The molecular formula is C18H31NO2. The molecule has 2 fully saturated rings. The number of nitrogens with one attached hydrogen (secondary N) is 1. The molecule has 0 spiro atoms. The second kappa shape index (κ2) is 7.44. The lowest BCUT2D eigenvalue weighted by atomic mass is 10.0. The molecule has 0 bridgehead atoms. The molecule has 1 aliphatic heterocycles. The highest BCUT2D eigenvalue weighted by molar-refractivity contribution is 5.87. The number of rotatable bonds is 7. The van der Waals surface area contributed by atoms with Crippen LogP contribution in [0.3, 0.4) is 0 Å². The monoisotopic (exact) mass is 293 g/mol. The fourth-order valence-electron chi connectivity index (χ4n) is 3.59. The van der Waals surface area contributed by atoms with Crippen LogP contribution in [0.2, 0.25) is 0 Å². The van der Waals surface area contributed by atoms with Crippen molar-refractivity contribution in [3.8, 4) is 0 Å². The van der Waals surface area contributed by atoms with Crippen molar-refractivity contribution in [2.45, 2.75) is 52.9 Å². The fraction of sp³-hybridized carbons (Fsp3) is 0.833. The summed E-state index contributed by atoms with van der Waals surface area (Å²) in [5.74, 6) is 2.00.